The molecular weight excluding hydrogens is 377 g/mol. The van der Waals surface area contributed by atoms with Crippen LogP contribution in [0.2, 0.25) is 0 Å². The number of amides is 2. The van der Waals surface area contributed by atoms with Crippen LogP contribution < -0.4 is 9.54 Å². The molecular formula is C21H20FN3O2S. The first kappa shape index (κ1) is 18.4. The van der Waals surface area contributed by atoms with Gasteiger partial charge in [0.1, 0.15) is 17.7 Å². The topological polar surface area (TPSA) is 46.8 Å². The largest absolute Gasteiger partial charge is 0.457 e. The Balaban J connectivity index is 1.58. The number of ether oxygens (including phenoxy) is 1. The summed E-state index contributed by atoms with van der Waals surface area (Å²) >= 11 is 1.43. The number of rotatable bonds is 3. The molecule has 0 spiro atoms. The molecule has 0 saturated carbocycles. The average Bonchev–Trinajstić information content (AvgIpc) is 3.29. The number of para-hydroxylation sites is 1. The maximum Gasteiger partial charge on any atom is 0.346 e. The van der Waals surface area contributed by atoms with Gasteiger partial charge in [-0.25, -0.2) is 9.18 Å². The molecule has 1 fully saturated rings. The van der Waals surface area contributed by atoms with Crippen LogP contribution in [0.25, 0.3) is 5.69 Å². The van der Waals surface area contributed by atoms with Crippen LogP contribution in [0.1, 0.15) is 11.3 Å². The first-order valence-corrected chi connectivity index (χ1v) is 9.90. The lowest BCUT2D eigenvalue weighted by molar-refractivity contribution is 0.213. The van der Waals surface area contributed by atoms with Gasteiger partial charge < -0.3 is 9.64 Å². The molecule has 28 heavy (non-hydrogen) atoms. The molecule has 2 heterocycles. The maximum atomic E-state index is 13.4. The number of hydrogen-bond acceptors (Lipinski definition) is 3. The lowest BCUT2D eigenvalue weighted by Gasteiger charge is -2.11. The average molecular weight is 397 g/mol. The van der Waals surface area contributed by atoms with Gasteiger partial charge in [0.25, 0.3) is 0 Å². The van der Waals surface area contributed by atoms with E-state index in [1.54, 1.807) is 0 Å². The molecule has 144 valence electrons. The molecule has 1 saturated heterocycles. The molecule has 0 aliphatic carbocycles. The summed E-state index contributed by atoms with van der Waals surface area (Å²) in [6.07, 6.45) is 1.37. The molecule has 0 N–H and O–H groups in total. The van der Waals surface area contributed by atoms with Gasteiger partial charge in [-0.15, -0.1) is 11.3 Å². The highest BCUT2D eigenvalue weighted by Crippen LogP contribution is 2.22. The Labute approximate surface area is 166 Å². The van der Waals surface area contributed by atoms with E-state index in [0.29, 0.717) is 17.8 Å². The van der Waals surface area contributed by atoms with Gasteiger partial charge in [-0.2, -0.15) is 4.99 Å². The number of hydrogen-bond donors (Lipinski definition) is 0. The molecule has 1 atom stereocenters. The monoisotopic (exact) mass is 397 g/mol. The second-order valence-electron chi connectivity index (χ2n) is 6.63. The highest BCUT2D eigenvalue weighted by molar-refractivity contribution is 7.09. The second kappa shape index (κ2) is 7.98. The number of aryl methyl sites for hydroxylation is 1. The van der Waals surface area contributed by atoms with Crippen LogP contribution in [0.15, 0.2) is 65.8 Å². The highest BCUT2D eigenvalue weighted by atomic mass is 32.1. The summed E-state index contributed by atoms with van der Waals surface area (Å²) in [5, 5.41) is 0. The number of carbonyl (C=O) groups excluding carboxylic acids is 1. The third kappa shape index (κ3) is 4.14. The lowest BCUT2D eigenvalue weighted by atomic mass is 10.3. The zero-order chi connectivity index (χ0) is 19.5. The van der Waals surface area contributed by atoms with Gasteiger partial charge in [0.2, 0.25) is 0 Å². The number of thiazole rings is 1. The molecule has 1 aliphatic rings. The smallest absolute Gasteiger partial charge is 0.346 e. The van der Waals surface area contributed by atoms with Crippen molar-refractivity contribution < 1.29 is 13.9 Å². The minimum Gasteiger partial charge on any atom is -0.457 e. The van der Waals surface area contributed by atoms with Gasteiger partial charge in [-0.3, -0.25) is 4.57 Å². The van der Waals surface area contributed by atoms with Crippen molar-refractivity contribution in [1.29, 1.82) is 0 Å². The molecule has 1 aromatic heterocycles. The predicted molar refractivity (Wildman–Crippen MR) is 107 cm³/mol. The van der Waals surface area contributed by atoms with E-state index in [1.807, 2.05) is 72.3 Å². The summed E-state index contributed by atoms with van der Waals surface area (Å²) in [6.45, 7) is 2.50. The van der Waals surface area contributed by atoms with Crippen LogP contribution in [-0.2, 0) is 0 Å². The summed E-state index contributed by atoms with van der Waals surface area (Å²) in [5.74, 6) is 1.50. The second-order valence-corrected chi connectivity index (χ2v) is 7.84. The Morgan fingerprint density at radius 2 is 1.86 bits per heavy atom. The van der Waals surface area contributed by atoms with Gasteiger partial charge in [0, 0.05) is 23.3 Å². The van der Waals surface area contributed by atoms with Crippen LogP contribution in [0.4, 0.5) is 9.18 Å². The molecule has 2 aromatic carbocycles. The number of urea groups is 1. The lowest BCUT2D eigenvalue weighted by Crippen LogP contribution is -2.28. The fourth-order valence-corrected chi connectivity index (χ4v) is 3.89. The van der Waals surface area contributed by atoms with Crippen molar-refractivity contribution in [2.24, 2.45) is 4.99 Å². The molecule has 0 unspecified atom stereocenters. The van der Waals surface area contributed by atoms with E-state index in [0.717, 1.165) is 22.1 Å². The van der Waals surface area contributed by atoms with Crippen LogP contribution in [-0.4, -0.2) is 34.8 Å². The Morgan fingerprint density at radius 1 is 1.14 bits per heavy atom. The van der Waals surface area contributed by atoms with Crippen molar-refractivity contribution in [1.82, 2.24) is 9.47 Å². The molecule has 1 aliphatic heterocycles. The number of nitrogens with zero attached hydrogens (tertiary/aromatic N) is 3. The number of likely N-dealkylation sites (tertiary alicyclic amines) is 1. The van der Waals surface area contributed by atoms with Crippen molar-refractivity contribution in [2.45, 2.75) is 19.5 Å². The van der Waals surface area contributed by atoms with E-state index in [-0.39, 0.29) is 12.6 Å². The first-order chi connectivity index (χ1) is 13.6. The van der Waals surface area contributed by atoms with Gasteiger partial charge in [-0.1, -0.05) is 18.2 Å². The first-order valence-electron chi connectivity index (χ1n) is 9.08. The van der Waals surface area contributed by atoms with Crippen LogP contribution >= 0.6 is 11.3 Å². The van der Waals surface area contributed by atoms with Gasteiger partial charge in [-0.05, 0) is 49.7 Å². The third-order valence-electron chi connectivity index (χ3n) is 4.46. The highest BCUT2D eigenvalue weighted by Gasteiger charge is 2.25. The number of aromatic nitrogens is 1. The zero-order valence-electron chi connectivity index (χ0n) is 15.4. The van der Waals surface area contributed by atoms with E-state index in [9.17, 15) is 9.18 Å². The van der Waals surface area contributed by atoms with Crippen molar-refractivity contribution >= 4 is 17.4 Å². The number of carbonyl (C=O) groups is 1. The molecule has 2 amide bonds. The van der Waals surface area contributed by atoms with Crippen LogP contribution in [0, 0.1) is 6.92 Å². The Hall–Kier alpha value is -2.93. The summed E-state index contributed by atoms with van der Waals surface area (Å²) in [4.78, 5) is 19.7. The molecule has 0 bridgehead atoms. The van der Waals surface area contributed by atoms with Crippen LogP contribution in [0.3, 0.4) is 0 Å². The van der Waals surface area contributed by atoms with Crippen LogP contribution in [0.5, 0.6) is 11.5 Å². The SMILES string of the molecule is Cc1cn(-c2ccc(Oc3ccccc3)cc2)c(=NC(=O)N2CC[C@@H](F)C2)s1. The van der Waals surface area contributed by atoms with Crippen molar-refractivity contribution in [3.8, 4) is 17.2 Å². The Morgan fingerprint density at radius 3 is 2.54 bits per heavy atom. The predicted octanol–water partition coefficient (Wildman–Crippen LogP) is 4.70. The van der Waals surface area contributed by atoms with E-state index < -0.39 is 6.17 Å². The van der Waals surface area contributed by atoms with E-state index in [1.165, 1.54) is 16.2 Å². The van der Waals surface area contributed by atoms with Gasteiger partial charge >= 0.3 is 6.03 Å². The summed E-state index contributed by atoms with van der Waals surface area (Å²) in [5.41, 5.74) is 0.876. The van der Waals surface area contributed by atoms with Crippen molar-refractivity contribution in [2.75, 3.05) is 13.1 Å². The summed E-state index contributed by atoms with van der Waals surface area (Å²) < 4.78 is 21.1. The fraction of sp³-hybridized carbons (Fsp3) is 0.238. The van der Waals surface area contributed by atoms with Crippen molar-refractivity contribution in [3.05, 3.63) is 70.5 Å². The Bertz CT molecular complexity index is 1030. The fourth-order valence-electron chi connectivity index (χ4n) is 3.06. The summed E-state index contributed by atoms with van der Waals surface area (Å²) in [7, 11) is 0. The zero-order valence-corrected chi connectivity index (χ0v) is 16.2. The molecule has 0 radical (unpaired) electrons. The number of benzene rings is 2. The normalized spacial score (nSPS) is 17.1. The standard InChI is InChI=1S/C21H20FN3O2S/c1-15-13-25(21(28-15)23-20(26)24-12-11-16(22)14-24)17-7-9-19(10-8-17)27-18-5-3-2-4-6-18/h2-10,13,16H,11-12,14H2,1H3/t16-/m1/s1. The number of alkyl halides is 1. The van der Waals surface area contributed by atoms with Gasteiger partial charge in [0.05, 0.1) is 6.54 Å². The minimum absolute atomic E-state index is 0.123. The van der Waals surface area contributed by atoms with E-state index in [2.05, 4.69) is 4.99 Å². The molecule has 5 nitrogen and oxygen atoms in total. The maximum absolute atomic E-state index is 13.4. The Kier molecular flexibility index (Phi) is 5.25. The minimum atomic E-state index is -0.950. The number of halogens is 1. The van der Waals surface area contributed by atoms with Gasteiger partial charge in [0.15, 0.2) is 4.80 Å². The van der Waals surface area contributed by atoms with E-state index in [4.69, 9.17) is 4.74 Å². The molecule has 7 heteroatoms. The third-order valence-corrected chi connectivity index (χ3v) is 5.35. The molecule has 3 aromatic rings. The quantitative estimate of drug-likeness (QED) is 0.643. The summed E-state index contributed by atoms with van der Waals surface area (Å²) in [6, 6.07) is 16.8. The molecule has 4 rings (SSSR count). The van der Waals surface area contributed by atoms with E-state index >= 15 is 0 Å². The van der Waals surface area contributed by atoms with Crippen molar-refractivity contribution in [3.63, 3.8) is 0 Å².